The van der Waals surface area contributed by atoms with Crippen molar-refractivity contribution in [1.29, 1.82) is 5.26 Å². The number of hydrogen-bond acceptors (Lipinski definition) is 5. The maximum atomic E-state index is 12.0. The molecule has 0 radical (unpaired) electrons. The summed E-state index contributed by atoms with van der Waals surface area (Å²) in [6.45, 7) is 2.90. The Labute approximate surface area is 129 Å². The van der Waals surface area contributed by atoms with Gasteiger partial charge in [-0.05, 0) is 37.3 Å². The minimum absolute atomic E-state index is 0. The Morgan fingerprint density at radius 2 is 2.05 bits per heavy atom. The largest absolute Gasteiger partial charge is 1.00 e. The Balaban J connectivity index is 0.00000361. The summed E-state index contributed by atoms with van der Waals surface area (Å²) in [6, 6.07) is 7.81. The Morgan fingerprint density at radius 3 is 2.60 bits per heavy atom. The molecule has 0 heterocycles. The molecule has 0 N–H and O–H groups in total. The first-order valence-electron chi connectivity index (χ1n) is 5.61. The van der Waals surface area contributed by atoms with Crippen LogP contribution in [0, 0.1) is 11.3 Å². The number of esters is 1. The minimum atomic E-state index is -1.05. The van der Waals surface area contributed by atoms with E-state index in [0.717, 1.165) is 0 Å². The molecule has 1 aromatic carbocycles. The van der Waals surface area contributed by atoms with E-state index in [0.29, 0.717) is 5.56 Å². The third-order valence-electron chi connectivity index (χ3n) is 2.40. The van der Waals surface area contributed by atoms with Crippen LogP contribution in [0.25, 0.3) is 0 Å². The zero-order valence-corrected chi connectivity index (χ0v) is 11.6. The fourth-order valence-electron chi connectivity index (χ4n) is 1.40. The van der Waals surface area contributed by atoms with E-state index >= 15 is 0 Å². The van der Waals surface area contributed by atoms with Gasteiger partial charge in [0.2, 0.25) is 0 Å². The average molecular weight is 265 g/mol. The second-order valence-electron chi connectivity index (χ2n) is 3.70. The number of rotatable bonds is 4. The number of Topliss-reactive ketones (excluding diaryl/α,β-unsaturated/α-hetero) is 1. The van der Waals surface area contributed by atoms with E-state index in [1.807, 2.05) is 6.07 Å². The number of nitrogens with zero attached hydrogens (tertiary/aromatic N) is 1. The molecule has 98 valence electrons. The quantitative estimate of drug-likeness (QED) is 0.205. The molecule has 0 aliphatic heterocycles. The van der Waals surface area contributed by atoms with Crippen LogP contribution >= 0.6 is 0 Å². The van der Waals surface area contributed by atoms with Crippen molar-refractivity contribution >= 4 is 11.8 Å². The Morgan fingerprint density at radius 1 is 1.40 bits per heavy atom. The van der Waals surface area contributed by atoms with Crippen LogP contribution in [-0.4, -0.2) is 18.4 Å². The Bertz CT molecular complexity index is 587. The van der Waals surface area contributed by atoms with Gasteiger partial charge in [-0.15, -0.1) is 0 Å². The molecule has 0 amide bonds. The number of carbonyl (C=O) groups is 2. The van der Waals surface area contributed by atoms with Gasteiger partial charge in [-0.1, -0.05) is 12.1 Å². The summed E-state index contributed by atoms with van der Waals surface area (Å²) < 4.78 is 4.54. The normalized spacial score (nSPS) is 10.7. The van der Waals surface area contributed by atoms with Crippen LogP contribution in [0.15, 0.2) is 35.6 Å². The van der Waals surface area contributed by atoms with E-state index in [9.17, 15) is 14.7 Å². The van der Waals surface area contributed by atoms with Gasteiger partial charge in [0.05, 0.1) is 18.2 Å². The van der Waals surface area contributed by atoms with Crippen molar-refractivity contribution in [3.05, 3.63) is 46.7 Å². The monoisotopic (exact) mass is 265 g/mol. The minimum Gasteiger partial charge on any atom is -0.867 e. The first-order valence-corrected chi connectivity index (χ1v) is 5.61. The number of carbonyl (C=O) groups excluding carboxylic acids is 2. The third kappa shape index (κ3) is 4.27. The van der Waals surface area contributed by atoms with Crippen LogP contribution in [0.1, 0.15) is 29.8 Å². The molecule has 5 nitrogen and oxygen atoms in total. The summed E-state index contributed by atoms with van der Waals surface area (Å²) in [6.07, 6.45) is 0. The smallest absolute Gasteiger partial charge is 0.867 e. The molecule has 0 fully saturated rings. The number of ether oxygens (including phenoxy) is 1. The summed E-state index contributed by atoms with van der Waals surface area (Å²) in [5.41, 5.74) is 0.268. The van der Waals surface area contributed by atoms with Crippen molar-refractivity contribution in [3.63, 3.8) is 0 Å². The summed E-state index contributed by atoms with van der Waals surface area (Å²) in [5, 5.41) is 20.3. The molecule has 1 aromatic rings. The maximum Gasteiger partial charge on any atom is 1.00 e. The van der Waals surface area contributed by atoms with E-state index in [-0.39, 0.29) is 36.6 Å². The van der Waals surface area contributed by atoms with Gasteiger partial charge in [0, 0.05) is 5.56 Å². The Hall–Kier alpha value is -2.01. The molecule has 0 bridgehead atoms. The van der Waals surface area contributed by atoms with Crippen molar-refractivity contribution in [3.8, 4) is 6.07 Å². The zero-order valence-electron chi connectivity index (χ0n) is 11.6. The summed E-state index contributed by atoms with van der Waals surface area (Å²) >= 11 is 0. The standard InChI is InChI=1S/C14H13NO4.Li/c1-3-19-14(18)13(17)9(2)12(16)11-6-4-5-10(7-11)8-15;/h4-7,17H,3H2,1-2H3;/q;+1/p-1/b13-9-;. The van der Waals surface area contributed by atoms with Crippen LogP contribution < -0.4 is 24.0 Å². The van der Waals surface area contributed by atoms with Gasteiger partial charge < -0.3 is 9.84 Å². The van der Waals surface area contributed by atoms with Gasteiger partial charge in [-0.3, -0.25) is 4.79 Å². The molecule has 0 spiro atoms. The van der Waals surface area contributed by atoms with Gasteiger partial charge in [0.1, 0.15) is 0 Å². The molecule has 0 unspecified atom stereocenters. The second kappa shape index (κ2) is 8.22. The molecule has 0 saturated heterocycles. The van der Waals surface area contributed by atoms with Crippen LogP contribution in [0.3, 0.4) is 0 Å². The third-order valence-corrected chi connectivity index (χ3v) is 2.40. The fraction of sp³-hybridized carbons (Fsp3) is 0.214. The predicted molar refractivity (Wildman–Crippen MR) is 64.8 cm³/mol. The Kier molecular flexibility index (Phi) is 7.39. The average Bonchev–Trinajstić information content (AvgIpc) is 2.45. The van der Waals surface area contributed by atoms with Crippen LogP contribution in [-0.2, 0) is 9.53 Å². The van der Waals surface area contributed by atoms with Gasteiger partial charge >= 0.3 is 24.8 Å². The summed E-state index contributed by atoms with van der Waals surface area (Å²) in [4.78, 5) is 23.2. The van der Waals surface area contributed by atoms with Crippen molar-refractivity contribution in [2.45, 2.75) is 13.8 Å². The second-order valence-corrected chi connectivity index (χ2v) is 3.70. The summed E-state index contributed by atoms with van der Waals surface area (Å²) in [5.74, 6) is -2.60. The molecule has 0 atom stereocenters. The molecule has 0 aromatic heterocycles. The summed E-state index contributed by atoms with van der Waals surface area (Å²) in [7, 11) is 0. The van der Waals surface area contributed by atoms with Crippen molar-refractivity contribution in [2.24, 2.45) is 0 Å². The predicted octanol–water partition coefficient (Wildman–Crippen LogP) is -2.06. The molecule has 0 aliphatic rings. The van der Waals surface area contributed by atoms with Gasteiger partial charge in [-0.2, -0.15) is 5.26 Å². The zero-order chi connectivity index (χ0) is 14.4. The molecular formula is C14H12LiNO4. The van der Waals surface area contributed by atoms with Crippen LogP contribution in [0.2, 0.25) is 0 Å². The molecule has 0 saturated carbocycles. The van der Waals surface area contributed by atoms with Crippen LogP contribution in [0.4, 0.5) is 0 Å². The van der Waals surface area contributed by atoms with E-state index in [1.54, 1.807) is 13.0 Å². The van der Waals surface area contributed by atoms with E-state index in [2.05, 4.69) is 4.74 Å². The van der Waals surface area contributed by atoms with Gasteiger partial charge in [0.15, 0.2) is 5.78 Å². The number of ketones is 1. The number of benzene rings is 1. The maximum absolute atomic E-state index is 12.0. The van der Waals surface area contributed by atoms with Gasteiger partial charge in [0.25, 0.3) is 0 Å². The molecule has 20 heavy (non-hydrogen) atoms. The van der Waals surface area contributed by atoms with E-state index in [1.165, 1.54) is 25.1 Å². The molecule has 6 heteroatoms. The number of allylic oxidation sites excluding steroid dienone is 1. The van der Waals surface area contributed by atoms with E-state index < -0.39 is 17.5 Å². The van der Waals surface area contributed by atoms with Crippen LogP contribution in [0.5, 0.6) is 0 Å². The number of hydrogen-bond donors (Lipinski definition) is 0. The first kappa shape index (κ1) is 18.0. The topological polar surface area (TPSA) is 90.2 Å². The van der Waals surface area contributed by atoms with Crippen molar-refractivity contribution in [2.75, 3.05) is 6.61 Å². The fourth-order valence-corrected chi connectivity index (χ4v) is 1.40. The SMILES string of the molecule is CCOC(=O)/C([O-])=C(\C)C(=O)c1cccc(C#N)c1.[Li+]. The van der Waals surface area contributed by atoms with Gasteiger partial charge in [-0.25, -0.2) is 4.79 Å². The molecule has 0 aliphatic carbocycles. The van der Waals surface area contributed by atoms with E-state index in [4.69, 9.17) is 5.26 Å². The van der Waals surface area contributed by atoms with Crippen molar-refractivity contribution in [1.82, 2.24) is 0 Å². The molecular weight excluding hydrogens is 253 g/mol. The first-order chi connectivity index (χ1) is 9.01. The number of nitriles is 1. The molecule has 1 rings (SSSR count). The van der Waals surface area contributed by atoms with Crippen molar-refractivity contribution < 1.29 is 38.3 Å².